The molecule has 0 spiro atoms. The van der Waals surface area contributed by atoms with Crippen LogP contribution in [0.4, 0.5) is 0 Å². The van der Waals surface area contributed by atoms with Gasteiger partial charge in [-0.3, -0.25) is 4.90 Å². The van der Waals surface area contributed by atoms with E-state index in [0.717, 1.165) is 24.6 Å². The molecule has 0 aliphatic carbocycles. The number of nitrogens with zero attached hydrogens (tertiary/aromatic N) is 3. The first-order chi connectivity index (χ1) is 8.53. The van der Waals surface area contributed by atoms with Crippen LogP contribution in [0.3, 0.4) is 0 Å². The Morgan fingerprint density at radius 3 is 2.56 bits per heavy atom. The molecule has 4 heteroatoms. The molecule has 1 aliphatic rings. The summed E-state index contributed by atoms with van der Waals surface area (Å²) in [4.78, 5) is 10.8. The van der Waals surface area contributed by atoms with E-state index in [0.29, 0.717) is 11.4 Å². The molecule has 0 aromatic carbocycles. The smallest absolute Gasteiger partial charge is 0.316 e. The van der Waals surface area contributed by atoms with Crippen LogP contribution in [0.2, 0.25) is 0 Å². The maximum absolute atomic E-state index is 4.97. The summed E-state index contributed by atoms with van der Waals surface area (Å²) in [6.07, 6.45) is 5.00. The van der Waals surface area contributed by atoms with Crippen LogP contribution in [0.25, 0.3) is 0 Å². The van der Waals surface area contributed by atoms with Gasteiger partial charge in [0, 0.05) is 31.0 Å². The molecule has 0 saturated carbocycles. The van der Waals surface area contributed by atoms with Gasteiger partial charge in [0.2, 0.25) is 0 Å². The summed E-state index contributed by atoms with van der Waals surface area (Å²) in [5, 5.41) is 0. The van der Waals surface area contributed by atoms with E-state index >= 15 is 0 Å². The van der Waals surface area contributed by atoms with Crippen molar-refractivity contribution < 1.29 is 4.74 Å². The Morgan fingerprint density at radius 2 is 2.06 bits per heavy atom. The first-order valence-electron chi connectivity index (χ1n) is 6.61. The topological polar surface area (TPSA) is 38.2 Å². The van der Waals surface area contributed by atoms with Crippen molar-refractivity contribution in [3.05, 3.63) is 18.0 Å². The lowest BCUT2D eigenvalue weighted by atomic mass is 9.78. The van der Waals surface area contributed by atoms with Gasteiger partial charge in [-0.15, -0.1) is 0 Å². The molecule has 4 nitrogen and oxygen atoms in total. The number of ether oxygens (including phenoxy) is 1. The minimum atomic E-state index is 0.437. The van der Waals surface area contributed by atoms with Crippen LogP contribution in [-0.2, 0) is 6.54 Å². The zero-order valence-electron chi connectivity index (χ0n) is 11.8. The van der Waals surface area contributed by atoms with Crippen LogP contribution in [0.5, 0.6) is 6.01 Å². The maximum Gasteiger partial charge on any atom is 0.316 e. The van der Waals surface area contributed by atoms with Gasteiger partial charge >= 0.3 is 6.01 Å². The summed E-state index contributed by atoms with van der Waals surface area (Å²) in [6.45, 7) is 10.3. The van der Waals surface area contributed by atoms with Gasteiger partial charge in [-0.05, 0) is 24.3 Å². The van der Waals surface area contributed by atoms with Gasteiger partial charge in [0.15, 0.2) is 0 Å². The molecular weight excluding hydrogens is 226 g/mol. The van der Waals surface area contributed by atoms with Crippen LogP contribution in [0.15, 0.2) is 12.4 Å². The van der Waals surface area contributed by atoms with Crippen LogP contribution in [-0.4, -0.2) is 35.1 Å². The highest BCUT2D eigenvalue weighted by Crippen LogP contribution is 2.37. The van der Waals surface area contributed by atoms with Gasteiger partial charge in [-0.2, -0.15) is 0 Å². The van der Waals surface area contributed by atoms with E-state index in [4.69, 9.17) is 4.74 Å². The molecular formula is C14H23N3O. The quantitative estimate of drug-likeness (QED) is 0.821. The predicted molar refractivity (Wildman–Crippen MR) is 71.4 cm³/mol. The number of methoxy groups -OCH3 is 1. The predicted octanol–water partition coefficient (Wildman–Crippen LogP) is 2.35. The lowest BCUT2D eigenvalue weighted by molar-refractivity contribution is 0.206. The molecule has 1 saturated heterocycles. The molecule has 1 aromatic heterocycles. The summed E-state index contributed by atoms with van der Waals surface area (Å²) in [7, 11) is 1.59. The molecule has 18 heavy (non-hydrogen) atoms. The molecule has 0 amide bonds. The van der Waals surface area contributed by atoms with Gasteiger partial charge in [0.05, 0.1) is 7.11 Å². The van der Waals surface area contributed by atoms with Crippen molar-refractivity contribution in [2.45, 2.75) is 33.7 Å². The molecule has 0 bridgehead atoms. The van der Waals surface area contributed by atoms with Crippen molar-refractivity contribution in [3.8, 4) is 6.01 Å². The third-order valence-corrected chi connectivity index (χ3v) is 4.25. The fraction of sp³-hybridized carbons (Fsp3) is 0.714. The number of aromatic nitrogens is 2. The lowest BCUT2D eigenvalue weighted by Crippen LogP contribution is -2.28. The van der Waals surface area contributed by atoms with Gasteiger partial charge in [-0.1, -0.05) is 20.8 Å². The summed E-state index contributed by atoms with van der Waals surface area (Å²) < 4.78 is 4.97. The molecule has 1 aliphatic heterocycles. The Kier molecular flexibility index (Phi) is 3.85. The highest BCUT2D eigenvalue weighted by Gasteiger charge is 2.36. The third-order valence-electron chi connectivity index (χ3n) is 4.25. The number of hydrogen-bond donors (Lipinski definition) is 0. The molecule has 0 N–H and O–H groups in total. The van der Waals surface area contributed by atoms with Crippen molar-refractivity contribution in [2.75, 3.05) is 20.2 Å². The van der Waals surface area contributed by atoms with Gasteiger partial charge < -0.3 is 4.74 Å². The standard InChI is InChI=1S/C14H23N3O/c1-11(2)14(3)5-6-17(10-14)9-12-7-15-13(18-4)16-8-12/h7-8,11H,5-6,9-10H2,1-4H3. The number of likely N-dealkylation sites (tertiary alicyclic amines) is 1. The van der Waals surface area contributed by atoms with E-state index in [1.54, 1.807) is 7.11 Å². The van der Waals surface area contributed by atoms with Crippen LogP contribution in [0.1, 0.15) is 32.8 Å². The molecule has 0 radical (unpaired) electrons. The summed E-state index contributed by atoms with van der Waals surface area (Å²) >= 11 is 0. The van der Waals surface area contributed by atoms with E-state index in [1.165, 1.54) is 13.0 Å². The molecule has 2 rings (SSSR count). The molecule has 2 heterocycles. The molecule has 1 unspecified atom stereocenters. The molecule has 100 valence electrons. The summed E-state index contributed by atoms with van der Waals surface area (Å²) in [5.41, 5.74) is 1.61. The Hall–Kier alpha value is -1.16. The van der Waals surface area contributed by atoms with Crippen LogP contribution >= 0.6 is 0 Å². The average molecular weight is 249 g/mol. The third kappa shape index (κ3) is 2.80. The van der Waals surface area contributed by atoms with Crippen molar-refractivity contribution >= 4 is 0 Å². The van der Waals surface area contributed by atoms with E-state index in [1.807, 2.05) is 12.4 Å². The van der Waals surface area contributed by atoms with Gasteiger partial charge in [-0.25, -0.2) is 9.97 Å². The monoisotopic (exact) mass is 249 g/mol. The van der Waals surface area contributed by atoms with Gasteiger partial charge in [0.25, 0.3) is 0 Å². The zero-order chi connectivity index (χ0) is 13.2. The largest absolute Gasteiger partial charge is 0.467 e. The van der Waals surface area contributed by atoms with Crippen molar-refractivity contribution in [1.82, 2.24) is 14.9 Å². The van der Waals surface area contributed by atoms with E-state index in [2.05, 4.69) is 35.6 Å². The lowest BCUT2D eigenvalue weighted by Gasteiger charge is -2.29. The zero-order valence-corrected chi connectivity index (χ0v) is 11.8. The van der Waals surface area contributed by atoms with Gasteiger partial charge in [0.1, 0.15) is 0 Å². The second kappa shape index (κ2) is 5.22. The minimum absolute atomic E-state index is 0.437. The number of hydrogen-bond acceptors (Lipinski definition) is 4. The average Bonchev–Trinajstić information content (AvgIpc) is 2.73. The SMILES string of the molecule is COc1ncc(CN2CCC(C)(C(C)C)C2)cn1. The maximum atomic E-state index is 4.97. The van der Waals surface area contributed by atoms with E-state index in [9.17, 15) is 0 Å². The summed E-state index contributed by atoms with van der Waals surface area (Å²) in [6, 6.07) is 0.437. The normalized spacial score (nSPS) is 24.7. The Bertz CT molecular complexity index is 391. The fourth-order valence-corrected chi connectivity index (χ4v) is 2.48. The molecule has 1 fully saturated rings. The second-order valence-electron chi connectivity index (χ2n) is 5.85. The summed E-state index contributed by atoms with van der Waals surface area (Å²) in [5.74, 6) is 0.731. The second-order valence-corrected chi connectivity index (χ2v) is 5.85. The molecule has 1 atom stereocenters. The Labute approximate surface area is 109 Å². The van der Waals surface area contributed by atoms with Crippen molar-refractivity contribution in [1.29, 1.82) is 0 Å². The van der Waals surface area contributed by atoms with E-state index in [-0.39, 0.29) is 0 Å². The van der Waals surface area contributed by atoms with Crippen molar-refractivity contribution in [2.24, 2.45) is 11.3 Å². The highest BCUT2D eigenvalue weighted by molar-refractivity contribution is 5.08. The first kappa shape index (κ1) is 13.3. The van der Waals surface area contributed by atoms with E-state index < -0.39 is 0 Å². The van der Waals surface area contributed by atoms with Crippen molar-refractivity contribution in [3.63, 3.8) is 0 Å². The number of rotatable bonds is 4. The van der Waals surface area contributed by atoms with Crippen LogP contribution < -0.4 is 4.74 Å². The minimum Gasteiger partial charge on any atom is -0.467 e. The Morgan fingerprint density at radius 1 is 1.39 bits per heavy atom. The Balaban J connectivity index is 1.95. The fourth-order valence-electron chi connectivity index (χ4n) is 2.48. The highest BCUT2D eigenvalue weighted by atomic mass is 16.5. The first-order valence-corrected chi connectivity index (χ1v) is 6.61. The van der Waals surface area contributed by atoms with Crippen LogP contribution in [0, 0.1) is 11.3 Å². The molecule has 1 aromatic rings.